The topological polar surface area (TPSA) is 91.7 Å². The summed E-state index contributed by atoms with van der Waals surface area (Å²) < 4.78 is 17.7. The van der Waals surface area contributed by atoms with Crippen LogP contribution in [0.15, 0.2) is 91.1 Å². The fourth-order valence-corrected chi connectivity index (χ4v) is 5.11. The molecule has 3 aromatic carbocycles. The molecule has 0 aliphatic rings. The van der Waals surface area contributed by atoms with Crippen LogP contribution in [0, 0.1) is 12.7 Å². The summed E-state index contributed by atoms with van der Waals surface area (Å²) in [5, 5.41) is 7.72. The summed E-state index contributed by atoms with van der Waals surface area (Å²) in [5.74, 6) is 0.940. The zero-order valence-electron chi connectivity index (χ0n) is 23.6. The summed E-state index contributed by atoms with van der Waals surface area (Å²) in [5.41, 5.74) is 4.45. The highest BCUT2D eigenvalue weighted by molar-refractivity contribution is 6.09. The number of aromatic amines is 1. The highest BCUT2D eigenvalue weighted by atomic mass is 19.1. The van der Waals surface area contributed by atoms with Crippen molar-refractivity contribution in [3.05, 3.63) is 119 Å². The minimum atomic E-state index is -0.448. The van der Waals surface area contributed by atoms with Gasteiger partial charge in [-0.05, 0) is 36.2 Å². The van der Waals surface area contributed by atoms with Crippen molar-refractivity contribution < 1.29 is 9.18 Å². The number of carbonyl (C=O) groups is 1. The molecule has 3 heterocycles. The number of amides is 1. The quantitative estimate of drug-likeness (QED) is 0.237. The molecule has 0 radical (unpaired) electrons. The van der Waals surface area contributed by atoms with Gasteiger partial charge in [-0.1, -0.05) is 66.7 Å². The predicted molar refractivity (Wildman–Crippen MR) is 162 cm³/mol. The number of carbonyl (C=O) groups excluding carboxylic acids is 1. The van der Waals surface area contributed by atoms with E-state index < -0.39 is 5.82 Å². The van der Waals surface area contributed by atoms with Crippen molar-refractivity contribution in [3.63, 3.8) is 0 Å². The van der Waals surface area contributed by atoms with Gasteiger partial charge < -0.3 is 15.2 Å². The lowest BCUT2D eigenvalue weighted by atomic mass is 10.1. The first kappa shape index (κ1) is 26.9. The predicted octanol–water partition coefficient (Wildman–Crippen LogP) is 6.04. The summed E-state index contributed by atoms with van der Waals surface area (Å²) in [4.78, 5) is 27.7. The smallest absolute Gasteiger partial charge is 0.253 e. The van der Waals surface area contributed by atoms with Crippen LogP contribution in [-0.4, -0.2) is 37.7 Å². The van der Waals surface area contributed by atoms with E-state index in [0.717, 1.165) is 11.1 Å². The standard InChI is InChI=1S/C33H30FN7O/c1-21-37-31(39-40(21)3)25-16-10-15-24(29(25)34)28-17-26-27(33(42)35-2)18-36-32(30(26)38-28)41(19-22-11-6-4-7-12-22)20-23-13-8-5-9-14-23/h4-18,38H,19-20H2,1-3H3,(H,35,42). The van der Waals surface area contributed by atoms with Crippen LogP contribution in [0.4, 0.5) is 10.2 Å². The zero-order chi connectivity index (χ0) is 29.2. The third-order valence-electron chi connectivity index (χ3n) is 7.36. The molecule has 0 unspecified atom stereocenters. The Morgan fingerprint density at radius 2 is 1.60 bits per heavy atom. The maximum atomic E-state index is 16.1. The molecule has 0 fully saturated rings. The molecule has 2 N–H and O–H groups in total. The van der Waals surface area contributed by atoms with Gasteiger partial charge in [0.2, 0.25) is 0 Å². The molecule has 0 atom stereocenters. The molecule has 0 spiro atoms. The van der Waals surface area contributed by atoms with Crippen LogP contribution >= 0.6 is 0 Å². The second-order valence-corrected chi connectivity index (χ2v) is 10.1. The van der Waals surface area contributed by atoms with E-state index in [9.17, 15) is 4.79 Å². The Hall–Kier alpha value is -5.31. The van der Waals surface area contributed by atoms with Crippen LogP contribution in [0.3, 0.4) is 0 Å². The molecule has 0 bridgehead atoms. The molecular weight excluding hydrogens is 529 g/mol. The van der Waals surface area contributed by atoms with Gasteiger partial charge in [-0.3, -0.25) is 9.48 Å². The van der Waals surface area contributed by atoms with Crippen LogP contribution in [-0.2, 0) is 20.1 Å². The molecule has 42 heavy (non-hydrogen) atoms. The Bertz CT molecular complexity index is 1820. The normalized spacial score (nSPS) is 11.1. The van der Waals surface area contributed by atoms with E-state index >= 15 is 4.39 Å². The van der Waals surface area contributed by atoms with E-state index in [2.05, 4.69) is 49.5 Å². The van der Waals surface area contributed by atoms with Gasteiger partial charge in [0.05, 0.1) is 16.6 Å². The number of anilines is 1. The zero-order valence-corrected chi connectivity index (χ0v) is 23.6. The van der Waals surface area contributed by atoms with Gasteiger partial charge in [0.15, 0.2) is 11.6 Å². The highest BCUT2D eigenvalue weighted by Crippen LogP contribution is 2.36. The van der Waals surface area contributed by atoms with Crippen molar-refractivity contribution in [2.24, 2.45) is 7.05 Å². The largest absolute Gasteiger partial charge is 0.355 e. The number of pyridine rings is 1. The van der Waals surface area contributed by atoms with Gasteiger partial charge in [-0.25, -0.2) is 14.4 Å². The number of hydrogen-bond acceptors (Lipinski definition) is 5. The van der Waals surface area contributed by atoms with Gasteiger partial charge in [-0.15, -0.1) is 0 Å². The van der Waals surface area contributed by atoms with Crippen LogP contribution < -0.4 is 10.2 Å². The second-order valence-electron chi connectivity index (χ2n) is 10.1. The average Bonchev–Trinajstić information content (AvgIpc) is 3.60. The Balaban J connectivity index is 1.51. The molecule has 3 aromatic heterocycles. The first-order chi connectivity index (χ1) is 20.4. The summed E-state index contributed by atoms with van der Waals surface area (Å²) in [6, 6.07) is 27.3. The van der Waals surface area contributed by atoms with Crippen LogP contribution in [0.25, 0.3) is 33.5 Å². The summed E-state index contributed by atoms with van der Waals surface area (Å²) >= 11 is 0. The van der Waals surface area contributed by atoms with Crippen molar-refractivity contribution in [2.45, 2.75) is 20.0 Å². The van der Waals surface area contributed by atoms with Crippen molar-refractivity contribution in [1.29, 1.82) is 0 Å². The third-order valence-corrected chi connectivity index (χ3v) is 7.36. The maximum absolute atomic E-state index is 16.1. The Labute approximate surface area is 242 Å². The number of rotatable bonds is 8. The third kappa shape index (κ3) is 5.12. The van der Waals surface area contributed by atoms with Gasteiger partial charge in [0.25, 0.3) is 5.91 Å². The Morgan fingerprint density at radius 1 is 0.952 bits per heavy atom. The number of nitrogens with one attached hydrogen (secondary N) is 2. The lowest BCUT2D eigenvalue weighted by Gasteiger charge is -2.25. The van der Waals surface area contributed by atoms with Gasteiger partial charge >= 0.3 is 0 Å². The number of fused-ring (bicyclic) bond motifs is 1. The molecule has 0 aliphatic carbocycles. The Kier molecular flexibility index (Phi) is 7.23. The molecule has 6 aromatic rings. The maximum Gasteiger partial charge on any atom is 0.253 e. The van der Waals surface area contributed by atoms with E-state index in [4.69, 9.17) is 4.98 Å². The number of hydrogen-bond donors (Lipinski definition) is 2. The number of H-pyrrole nitrogens is 1. The van der Waals surface area contributed by atoms with Crippen molar-refractivity contribution in [3.8, 4) is 22.6 Å². The Morgan fingerprint density at radius 3 is 2.19 bits per heavy atom. The first-order valence-corrected chi connectivity index (χ1v) is 13.7. The van der Waals surface area contributed by atoms with Gasteiger partial charge in [-0.2, -0.15) is 5.10 Å². The molecule has 9 heteroatoms. The van der Waals surface area contributed by atoms with E-state index in [1.54, 1.807) is 43.2 Å². The second kappa shape index (κ2) is 11.3. The lowest BCUT2D eigenvalue weighted by molar-refractivity contribution is 0.0964. The van der Waals surface area contributed by atoms with Gasteiger partial charge in [0.1, 0.15) is 11.6 Å². The number of aryl methyl sites for hydroxylation is 2. The monoisotopic (exact) mass is 559 g/mol. The summed E-state index contributed by atoms with van der Waals surface area (Å²) in [6.45, 7) is 2.99. The molecule has 210 valence electrons. The van der Waals surface area contributed by atoms with E-state index in [-0.39, 0.29) is 5.91 Å². The van der Waals surface area contributed by atoms with E-state index in [1.807, 2.05) is 49.4 Å². The molecule has 8 nitrogen and oxygen atoms in total. The van der Waals surface area contributed by atoms with Crippen molar-refractivity contribution in [2.75, 3.05) is 11.9 Å². The molecular formula is C33H30FN7O. The first-order valence-electron chi connectivity index (χ1n) is 13.7. The molecule has 1 amide bonds. The van der Waals surface area contributed by atoms with E-state index in [1.165, 1.54) is 0 Å². The van der Waals surface area contributed by atoms with E-state index in [0.29, 0.717) is 63.8 Å². The average molecular weight is 560 g/mol. The number of halogens is 1. The van der Waals surface area contributed by atoms with Crippen molar-refractivity contribution >= 4 is 22.6 Å². The number of aromatic nitrogens is 5. The fourth-order valence-electron chi connectivity index (χ4n) is 5.11. The summed E-state index contributed by atoms with van der Waals surface area (Å²) in [6.07, 6.45) is 1.59. The van der Waals surface area contributed by atoms with Crippen LogP contribution in [0.1, 0.15) is 27.3 Å². The molecule has 0 aliphatic heterocycles. The number of benzene rings is 3. The highest BCUT2D eigenvalue weighted by Gasteiger charge is 2.23. The lowest BCUT2D eigenvalue weighted by Crippen LogP contribution is -2.24. The molecule has 0 saturated heterocycles. The summed E-state index contributed by atoms with van der Waals surface area (Å²) in [7, 11) is 3.36. The number of nitrogens with zero attached hydrogens (tertiary/aromatic N) is 5. The SMILES string of the molecule is CNC(=O)c1cnc(N(Cc2ccccc2)Cc2ccccc2)c2[nH]c(-c3cccc(-c4nc(C)n(C)n4)c3F)cc12. The minimum absolute atomic E-state index is 0.273. The van der Waals surface area contributed by atoms with Gasteiger partial charge in [0, 0.05) is 50.0 Å². The van der Waals surface area contributed by atoms with Crippen LogP contribution in [0.5, 0.6) is 0 Å². The molecule has 0 saturated carbocycles. The van der Waals surface area contributed by atoms with Crippen LogP contribution in [0.2, 0.25) is 0 Å². The fraction of sp³-hybridized carbons (Fsp3) is 0.152. The van der Waals surface area contributed by atoms with Crippen molar-refractivity contribution in [1.82, 2.24) is 30.0 Å². The molecule has 6 rings (SSSR count). The minimum Gasteiger partial charge on any atom is -0.355 e.